The van der Waals surface area contributed by atoms with Crippen LogP contribution in [0.25, 0.3) is 0 Å². The number of amides is 1. The van der Waals surface area contributed by atoms with E-state index in [9.17, 15) is 4.79 Å². The van der Waals surface area contributed by atoms with Gasteiger partial charge in [0.05, 0.1) is 12.4 Å². The Morgan fingerprint density at radius 2 is 2.14 bits per heavy atom. The molecule has 22 heavy (non-hydrogen) atoms. The van der Waals surface area contributed by atoms with Crippen LogP contribution in [0.4, 0.5) is 11.6 Å². The quantitative estimate of drug-likeness (QED) is 0.860. The van der Waals surface area contributed by atoms with Crippen molar-refractivity contribution in [3.05, 3.63) is 42.0 Å². The first-order valence-corrected chi connectivity index (χ1v) is 7.28. The Balaban J connectivity index is 1.67. The minimum absolute atomic E-state index is 0.150. The molecule has 1 amide bonds. The summed E-state index contributed by atoms with van der Waals surface area (Å²) in [6.07, 6.45) is 7.18. The van der Waals surface area contributed by atoms with Crippen molar-refractivity contribution < 1.29 is 4.79 Å². The fourth-order valence-electron chi connectivity index (χ4n) is 2.45. The third kappa shape index (κ3) is 3.30. The number of pyridine rings is 1. The van der Waals surface area contributed by atoms with E-state index in [1.54, 1.807) is 6.20 Å². The maximum atomic E-state index is 11.1. The first-order valence-electron chi connectivity index (χ1n) is 7.28. The average Bonchev–Trinajstić information content (AvgIpc) is 3.08. The van der Waals surface area contributed by atoms with Crippen LogP contribution in [0.3, 0.4) is 0 Å². The fraction of sp³-hybridized carbons (Fsp3) is 0.333. The molecule has 0 atom stereocenters. The largest absolute Gasteiger partial charge is 0.365 e. The zero-order valence-corrected chi connectivity index (χ0v) is 12.2. The Morgan fingerprint density at radius 1 is 1.32 bits per heavy atom. The monoisotopic (exact) mass is 298 g/mol. The number of carbonyl (C=O) groups is 1. The lowest BCUT2D eigenvalue weighted by atomic mass is 10.2. The van der Waals surface area contributed by atoms with Crippen LogP contribution in [0, 0.1) is 0 Å². The van der Waals surface area contributed by atoms with E-state index in [0.29, 0.717) is 12.4 Å². The molecule has 1 saturated heterocycles. The van der Waals surface area contributed by atoms with Gasteiger partial charge in [0, 0.05) is 25.8 Å². The number of nitrogens with two attached hydrogens (primary N) is 1. The van der Waals surface area contributed by atoms with E-state index >= 15 is 0 Å². The molecule has 0 saturated carbocycles. The standard InChI is InChI=1S/C15H18N6O/c16-15(22)12-9-17-10-13(20-12)19-8-11-3-4-18-14(7-11)21-5-1-2-6-21/h3-4,7,9-10H,1-2,5-6,8H2,(H2,16,22)(H,19,20). The smallest absolute Gasteiger partial charge is 0.268 e. The summed E-state index contributed by atoms with van der Waals surface area (Å²) < 4.78 is 0. The highest BCUT2D eigenvalue weighted by Crippen LogP contribution is 2.18. The molecule has 3 N–H and O–H groups in total. The Labute approximate surface area is 128 Å². The number of nitrogens with one attached hydrogen (secondary N) is 1. The number of primary amides is 1. The van der Waals surface area contributed by atoms with E-state index in [2.05, 4.69) is 31.2 Å². The minimum Gasteiger partial charge on any atom is -0.365 e. The van der Waals surface area contributed by atoms with Crippen molar-refractivity contribution in [3.8, 4) is 0 Å². The summed E-state index contributed by atoms with van der Waals surface area (Å²) in [5.74, 6) is 0.945. The molecule has 2 aromatic rings. The molecule has 0 radical (unpaired) electrons. The normalized spacial score (nSPS) is 14.1. The first kappa shape index (κ1) is 14.2. The topological polar surface area (TPSA) is 97.0 Å². The molecule has 0 aliphatic carbocycles. The van der Waals surface area contributed by atoms with Gasteiger partial charge in [-0.1, -0.05) is 0 Å². The summed E-state index contributed by atoms with van der Waals surface area (Å²) in [4.78, 5) is 25.9. The van der Waals surface area contributed by atoms with E-state index in [4.69, 9.17) is 5.73 Å². The lowest BCUT2D eigenvalue weighted by Gasteiger charge is -2.17. The number of rotatable bonds is 5. The molecular weight excluding hydrogens is 280 g/mol. The summed E-state index contributed by atoms with van der Waals surface area (Å²) in [7, 11) is 0. The van der Waals surface area contributed by atoms with Gasteiger partial charge in [0.1, 0.15) is 17.3 Å². The molecular formula is C15H18N6O. The maximum absolute atomic E-state index is 11.1. The van der Waals surface area contributed by atoms with Crippen LogP contribution in [-0.4, -0.2) is 33.9 Å². The second-order valence-electron chi connectivity index (χ2n) is 5.22. The van der Waals surface area contributed by atoms with Gasteiger partial charge >= 0.3 is 0 Å². The van der Waals surface area contributed by atoms with Crippen molar-refractivity contribution in [3.63, 3.8) is 0 Å². The highest BCUT2D eigenvalue weighted by molar-refractivity contribution is 5.90. The van der Waals surface area contributed by atoms with Gasteiger partial charge < -0.3 is 16.0 Å². The zero-order valence-electron chi connectivity index (χ0n) is 12.2. The number of aromatic nitrogens is 3. The number of carbonyl (C=O) groups excluding carboxylic acids is 1. The molecule has 0 spiro atoms. The van der Waals surface area contributed by atoms with E-state index in [0.717, 1.165) is 24.5 Å². The Hall–Kier alpha value is -2.70. The van der Waals surface area contributed by atoms with Crippen LogP contribution < -0.4 is 16.0 Å². The van der Waals surface area contributed by atoms with E-state index < -0.39 is 5.91 Å². The molecule has 1 fully saturated rings. The Morgan fingerprint density at radius 3 is 2.91 bits per heavy atom. The molecule has 0 bridgehead atoms. The molecule has 0 unspecified atom stereocenters. The van der Waals surface area contributed by atoms with Gasteiger partial charge in [0.25, 0.3) is 5.91 Å². The molecule has 0 aromatic carbocycles. The lowest BCUT2D eigenvalue weighted by Crippen LogP contribution is -2.19. The predicted molar refractivity (Wildman–Crippen MR) is 83.6 cm³/mol. The van der Waals surface area contributed by atoms with Gasteiger partial charge in [-0.2, -0.15) is 0 Å². The van der Waals surface area contributed by atoms with Crippen molar-refractivity contribution in [1.82, 2.24) is 15.0 Å². The molecule has 3 heterocycles. The summed E-state index contributed by atoms with van der Waals surface area (Å²) in [6, 6.07) is 4.03. The van der Waals surface area contributed by atoms with Crippen LogP contribution in [0.2, 0.25) is 0 Å². The SMILES string of the molecule is NC(=O)c1cncc(NCc2ccnc(N3CCCC3)c2)n1. The van der Waals surface area contributed by atoms with Gasteiger partial charge in [-0.05, 0) is 30.5 Å². The highest BCUT2D eigenvalue weighted by Gasteiger charge is 2.13. The summed E-state index contributed by atoms with van der Waals surface area (Å²) >= 11 is 0. The Kier molecular flexibility index (Phi) is 4.13. The van der Waals surface area contributed by atoms with Gasteiger partial charge in [0.15, 0.2) is 0 Å². The van der Waals surface area contributed by atoms with Gasteiger partial charge in [-0.25, -0.2) is 9.97 Å². The van der Waals surface area contributed by atoms with Gasteiger partial charge in [-0.3, -0.25) is 9.78 Å². The lowest BCUT2D eigenvalue weighted by molar-refractivity contribution is 0.0995. The van der Waals surface area contributed by atoms with Crippen molar-refractivity contribution in [1.29, 1.82) is 0 Å². The molecule has 1 aliphatic rings. The van der Waals surface area contributed by atoms with E-state index in [1.807, 2.05) is 12.3 Å². The summed E-state index contributed by atoms with van der Waals surface area (Å²) in [5, 5.41) is 3.15. The Bertz CT molecular complexity index is 669. The van der Waals surface area contributed by atoms with Crippen molar-refractivity contribution in [2.45, 2.75) is 19.4 Å². The number of hydrogen-bond acceptors (Lipinski definition) is 6. The molecule has 114 valence electrons. The molecule has 3 rings (SSSR count). The highest BCUT2D eigenvalue weighted by atomic mass is 16.1. The third-order valence-electron chi connectivity index (χ3n) is 3.60. The molecule has 2 aromatic heterocycles. The fourth-order valence-corrected chi connectivity index (χ4v) is 2.45. The summed E-state index contributed by atoms with van der Waals surface area (Å²) in [5.41, 5.74) is 6.45. The van der Waals surface area contributed by atoms with Crippen LogP contribution in [0.1, 0.15) is 28.9 Å². The van der Waals surface area contributed by atoms with Gasteiger partial charge in [0.2, 0.25) is 0 Å². The van der Waals surface area contributed by atoms with E-state index in [-0.39, 0.29) is 5.69 Å². The second-order valence-corrected chi connectivity index (χ2v) is 5.22. The molecule has 7 nitrogen and oxygen atoms in total. The molecule has 7 heteroatoms. The third-order valence-corrected chi connectivity index (χ3v) is 3.60. The van der Waals surface area contributed by atoms with Crippen LogP contribution in [0.5, 0.6) is 0 Å². The van der Waals surface area contributed by atoms with Crippen molar-refractivity contribution in [2.75, 3.05) is 23.3 Å². The van der Waals surface area contributed by atoms with Gasteiger partial charge in [-0.15, -0.1) is 0 Å². The maximum Gasteiger partial charge on any atom is 0.268 e. The van der Waals surface area contributed by atoms with Crippen LogP contribution in [0.15, 0.2) is 30.7 Å². The molecule has 1 aliphatic heterocycles. The average molecular weight is 298 g/mol. The minimum atomic E-state index is -0.587. The van der Waals surface area contributed by atoms with E-state index in [1.165, 1.54) is 19.0 Å². The van der Waals surface area contributed by atoms with Crippen LogP contribution >= 0.6 is 0 Å². The second kappa shape index (κ2) is 6.38. The predicted octanol–water partition coefficient (Wildman–Crippen LogP) is 1.18. The van der Waals surface area contributed by atoms with Crippen molar-refractivity contribution >= 4 is 17.5 Å². The number of hydrogen-bond donors (Lipinski definition) is 2. The number of nitrogens with zero attached hydrogens (tertiary/aromatic N) is 4. The number of anilines is 2. The summed E-state index contributed by atoms with van der Waals surface area (Å²) in [6.45, 7) is 2.71. The van der Waals surface area contributed by atoms with Crippen molar-refractivity contribution in [2.24, 2.45) is 5.73 Å². The van der Waals surface area contributed by atoms with Crippen LogP contribution in [-0.2, 0) is 6.54 Å². The first-order chi connectivity index (χ1) is 10.7. The zero-order chi connectivity index (χ0) is 15.4.